The molecule has 0 aromatic carbocycles. The Kier molecular flexibility index (Phi) is 52.6. The van der Waals surface area contributed by atoms with Gasteiger partial charge < -0.3 is 20.3 Å². The molecule has 0 spiro atoms. The van der Waals surface area contributed by atoms with Gasteiger partial charge in [0.1, 0.15) is 0 Å². The Balaban J connectivity index is 3.48. The Morgan fingerprint density at radius 1 is 0.422 bits per heavy atom. The number of carbonyl (C=O) groups is 2. The highest BCUT2D eigenvalue weighted by Gasteiger charge is 2.18. The predicted molar refractivity (Wildman–Crippen MR) is 278 cm³/mol. The van der Waals surface area contributed by atoms with E-state index in [0.29, 0.717) is 19.4 Å². The van der Waals surface area contributed by atoms with Crippen LogP contribution in [0.1, 0.15) is 309 Å². The lowest BCUT2D eigenvalue weighted by Crippen LogP contribution is -2.45. The summed E-state index contributed by atoms with van der Waals surface area (Å²) in [5.41, 5.74) is 0. The number of ether oxygens (including phenoxy) is 1. The van der Waals surface area contributed by atoms with E-state index in [1.807, 2.05) is 6.08 Å². The third-order valence-corrected chi connectivity index (χ3v) is 13.2. The summed E-state index contributed by atoms with van der Waals surface area (Å²) in [6.07, 6.45) is 64.7. The topological polar surface area (TPSA) is 95.9 Å². The molecule has 0 saturated heterocycles. The monoisotopic (exact) mass is 902 g/mol. The summed E-state index contributed by atoms with van der Waals surface area (Å²) in [5.74, 6) is -0.0953. The Bertz CT molecular complexity index is 997. The lowest BCUT2D eigenvalue weighted by molar-refractivity contribution is -0.143. The van der Waals surface area contributed by atoms with Crippen molar-refractivity contribution in [1.29, 1.82) is 0 Å². The first-order valence-electron chi connectivity index (χ1n) is 28.6. The first-order valence-corrected chi connectivity index (χ1v) is 28.6. The molecule has 0 aliphatic heterocycles. The highest BCUT2D eigenvalue weighted by molar-refractivity contribution is 5.76. The molecule has 0 heterocycles. The highest BCUT2D eigenvalue weighted by Crippen LogP contribution is 2.16. The van der Waals surface area contributed by atoms with E-state index in [1.165, 1.54) is 225 Å². The molecule has 0 aliphatic rings. The molecule has 378 valence electrons. The van der Waals surface area contributed by atoms with Gasteiger partial charge in [0.2, 0.25) is 5.91 Å². The van der Waals surface area contributed by atoms with Crippen LogP contribution in [0.5, 0.6) is 0 Å². The number of hydrogen-bond acceptors (Lipinski definition) is 5. The molecule has 2 unspecified atom stereocenters. The molecule has 1 amide bonds. The third-order valence-electron chi connectivity index (χ3n) is 13.2. The average Bonchev–Trinajstić information content (AvgIpc) is 3.29. The Morgan fingerprint density at radius 3 is 1.11 bits per heavy atom. The summed E-state index contributed by atoms with van der Waals surface area (Å²) < 4.78 is 5.48. The molecule has 6 heteroatoms. The van der Waals surface area contributed by atoms with Gasteiger partial charge in [-0.15, -0.1) is 0 Å². The quantitative estimate of drug-likeness (QED) is 0.0321. The number of amides is 1. The van der Waals surface area contributed by atoms with Crippen LogP contribution in [-0.4, -0.2) is 47.4 Å². The number of aliphatic hydroxyl groups excluding tert-OH is 2. The fraction of sp³-hybridized carbons (Fsp3) is 0.897. The van der Waals surface area contributed by atoms with Gasteiger partial charge in [-0.05, 0) is 57.8 Å². The van der Waals surface area contributed by atoms with Crippen LogP contribution in [0.3, 0.4) is 0 Å². The van der Waals surface area contributed by atoms with E-state index in [2.05, 4.69) is 31.3 Å². The minimum absolute atomic E-state index is 0.0134. The Labute approximate surface area is 399 Å². The van der Waals surface area contributed by atoms with E-state index < -0.39 is 12.1 Å². The first-order chi connectivity index (χ1) is 31.5. The van der Waals surface area contributed by atoms with Crippen molar-refractivity contribution < 1.29 is 24.5 Å². The zero-order valence-corrected chi connectivity index (χ0v) is 43.0. The van der Waals surface area contributed by atoms with Gasteiger partial charge in [0.05, 0.1) is 25.4 Å². The molecular weight excluding hydrogens is 791 g/mol. The number of nitrogens with one attached hydrogen (secondary N) is 1. The van der Waals surface area contributed by atoms with Crippen LogP contribution in [0.4, 0.5) is 0 Å². The maximum absolute atomic E-state index is 12.5. The molecule has 0 aromatic rings. The molecule has 0 aliphatic carbocycles. The molecule has 64 heavy (non-hydrogen) atoms. The minimum atomic E-state index is -0.855. The number of aliphatic hydroxyl groups is 2. The SMILES string of the molecule is CCCCCCCCC/C=C\CCCCCCCCCC(=O)OCCCCCCCCCCCCCCC(=O)NC(CO)C(O)/C=C/CCCCCCCCCCCCCCCCC. The Hall–Kier alpha value is -1.66. The van der Waals surface area contributed by atoms with Gasteiger partial charge in [-0.3, -0.25) is 9.59 Å². The van der Waals surface area contributed by atoms with Crippen molar-refractivity contribution in [3.8, 4) is 0 Å². The van der Waals surface area contributed by atoms with Gasteiger partial charge in [-0.1, -0.05) is 263 Å². The molecule has 0 rings (SSSR count). The number of unbranched alkanes of at least 4 members (excludes halogenated alkanes) is 40. The highest BCUT2D eigenvalue weighted by atomic mass is 16.5. The van der Waals surface area contributed by atoms with Crippen LogP contribution in [0.25, 0.3) is 0 Å². The maximum atomic E-state index is 12.5. The summed E-state index contributed by atoms with van der Waals surface area (Å²) in [4.78, 5) is 24.5. The summed E-state index contributed by atoms with van der Waals surface area (Å²) in [6.45, 7) is 4.88. The van der Waals surface area contributed by atoms with Crippen LogP contribution in [0.15, 0.2) is 24.3 Å². The second-order valence-corrected chi connectivity index (χ2v) is 19.6. The van der Waals surface area contributed by atoms with Gasteiger partial charge in [-0.2, -0.15) is 0 Å². The second-order valence-electron chi connectivity index (χ2n) is 19.6. The Morgan fingerprint density at radius 2 is 0.734 bits per heavy atom. The normalized spacial score (nSPS) is 12.8. The average molecular weight is 903 g/mol. The molecular formula is C58H111NO5. The number of allylic oxidation sites excluding steroid dienone is 3. The molecule has 0 fully saturated rings. The summed E-state index contributed by atoms with van der Waals surface area (Å²) in [7, 11) is 0. The largest absolute Gasteiger partial charge is 0.466 e. The molecule has 3 N–H and O–H groups in total. The van der Waals surface area contributed by atoms with E-state index in [-0.39, 0.29) is 18.5 Å². The van der Waals surface area contributed by atoms with Crippen LogP contribution >= 0.6 is 0 Å². The van der Waals surface area contributed by atoms with Gasteiger partial charge >= 0.3 is 5.97 Å². The van der Waals surface area contributed by atoms with Crippen molar-refractivity contribution in [3.63, 3.8) is 0 Å². The molecule has 0 saturated carbocycles. The first kappa shape index (κ1) is 62.3. The second kappa shape index (κ2) is 54.0. The zero-order chi connectivity index (χ0) is 46.5. The number of hydrogen-bond donors (Lipinski definition) is 3. The van der Waals surface area contributed by atoms with E-state index in [0.717, 1.165) is 57.8 Å². The van der Waals surface area contributed by atoms with E-state index in [9.17, 15) is 19.8 Å². The van der Waals surface area contributed by atoms with Gasteiger partial charge in [0, 0.05) is 12.8 Å². The minimum Gasteiger partial charge on any atom is -0.466 e. The predicted octanol–water partition coefficient (Wildman–Crippen LogP) is 17.5. The van der Waals surface area contributed by atoms with E-state index >= 15 is 0 Å². The van der Waals surface area contributed by atoms with Crippen LogP contribution in [0, 0.1) is 0 Å². The molecule has 0 radical (unpaired) electrons. The molecule has 0 bridgehead atoms. The number of carbonyl (C=O) groups excluding carboxylic acids is 2. The molecule has 0 aromatic heterocycles. The van der Waals surface area contributed by atoms with E-state index in [4.69, 9.17) is 4.74 Å². The van der Waals surface area contributed by atoms with Crippen molar-refractivity contribution in [2.24, 2.45) is 0 Å². The molecule has 2 atom stereocenters. The van der Waals surface area contributed by atoms with Crippen LogP contribution < -0.4 is 5.32 Å². The van der Waals surface area contributed by atoms with Crippen molar-refractivity contribution in [3.05, 3.63) is 24.3 Å². The van der Waals surface area contributed by atoms with Crippen molar-refractivity contribution >= 4 is 11.9 Å². The van der Waals surface area contributed by atoms with Crippen LogP contribution in [-0.2, 0) is 14.3 Å². The van der Waals surface area contributed by atoms with Crippen LogP contribution in [0.2, 0.25) is 0 Å². The summed E-state index contributed by atoms with van der Waals surface area (Å²) >= 11 is 0. The van der Waals surface area contributed by atoms with E-state index in [1.54, 1.807) is 6.08 Å². The maximum Gasteiger partial charge on any atom is 0.305 e. The van der Waals surface area contributed by atoms with Crippen molar-refractivity contribution in [2.45, 2.75) is 321 Å². The summed E-state index contributed by atoms with van der Waals surface area (Å²) in [6, 6.07) is -0.640. The van der Waals surface area contributed by atoms with Gasteiger partial charge in [-0.25, -0.2) is 0 Å². The van der Waals surface area contributed by atoms with Gasteiger partial charge in [0.15, 0.2) is 0 Å². The third kappa shape index (κ3) is 49.8. The fourth-order valence-electron chi connectivity index (χ4n) is 8.81. The fourth-order valence-corrected chi connectivity index (χ4v) is 8.81. The van der Waals surface area contributed by atoms with Gasteiger partial charge in [0.25, 0.3) is 0 Å². The lowest BCUT2D eigenvalue weighted by atomic mass is 10.0. The standard InChI is InChI=1S/C58H111NO5/c1-3-5-7-9-11-13-15-17-19-21-23-25-27-32-36-40-44-48-52-58(63)64-53-49-45-41-37-33-29-28-31-35-39-43-47-51-57(62)59-55(54-60)56(61)50-46-42-38-34-30-26-24-22-20-18-16-14-12-10-8-6-4-2/h19,21,46,50,55-56,60-61H,3-18,20,22-45,47-49,51-54H2,1-2H3,(H,59,62)/b21-19-,50-46+. The number of rotatable bonds is 53. The van der Waals surface area contributed by atoms with Crippen molar-refractivity contribution in [1.82, 2.24) is 5.32 Å². The lowest BCUT2D eigenvalue weighted by Gasteiger charge is -2.20. The number of esters is 1. The molecule has 6 nitrogen and oxygen atoms in total. The van der Waals surface area contributed by atoms with Crippen molar-refractivity contribution in [2.75, 3.05) is 13.2 Å². The zero-order valence-electron chi connectivity index (χ0n) is 43.0. The summed E-state index contributed by atoms with van der Waals surface area (Å²) in [5, 5.41) is 23.1. The smallest absolute Gasteiger partial charge is 0.305 e.